The third-order valence-corrected chi connectivity index (χ3v) is 5.37. The van der Waals surface area contributed by atoms with Gasteiger partial charge >= 0.3 is 6.03 Å². The van der Waals surface area contributed by atoms with E-state index in [9.17, 15) is 14.3 Å². The molecule has 25 heavy (non-hydrogen) atoms. The van der Waals surface area contributed by atoms with E-state index in [1.165, 1.54) is 18.6 Å². The number of aliphatic hydroxyl groups excluding tert-OH is 1. The predicted octanol–water partition coefficient (Wildman–Crippen LogP) is 3.44. The molecule has 2 aliphatic rings. The zero-order chi connectivity index (χ0) is 17.8. The molecule has 0 radical (unpaired) electrons. The molecule has 1 saturated carbocycles. The summed E-state index contributed by atoms with van der Waals surface area (Å²) in [5.74, 6) is -0.227. The monoisotopic (exact) mass is 349 g/mol. The lowest BCUT2D eigenvalue weighted by molar-refractivity contribution is 0.116. The van der Waals surface area contributed by atoms with Crippen LogP contribution in [-0.2, 0) is 0 Å². The summed E-state index contributed by atoms with van der Waals surface area (Å²) < 4.78 is 13.7. The lowest BCUT2D eigenvalue weighted by Gasteiger charge is -2.31. The van der Waals surface area contributed by atoms with Gasteiger partial charge in [-0.05, 0) is 50.3 Å². The average Bonchev–Trinajstić information content (AvgIpc) is 3.00. The van der Waals surface area contributed by atoms with E-state index in [0.717, 1.165) is 50.9 Å². The number of urea groups is 1. The number of amides is 2. The summed E-state index contributed by atoms with van der Waals surface area (Å²) in [7, 11) is 1.72. The van der Waals surface area contributed by atoms with E-state index >= 15 is 0 Å². The summed E-state index contributed by atoms with van der Waals surface area (Å²) in [6.07, 6.45) is 5.87. The third-order valence-electron chi connectivity index (χ3n) is 5.37. The highest BCUT2D eigenvalue weighted by molar-refractivity contribution is 5.93. The van der Waals surface area contributed by atoms with Crippen LogP contribution in [0.2, 0.25) is 0 Å². The Kier molecular flexibility index (Phi) is 5.78. The number of hydrogen-bond acceptors (Lipinski definition) is 3. The second-order valence-corrected chi connectivity index (χ2v) is 7.28. The topological polar surface area (TPSA) is 55.8 Å². The molecule has 1 saturated heterocycles. The van der Waals surface area contributed by atoms with Gasteiger partial charge in [0.2, 0.25) is 0 Å². The highest BCUT2D eigenvalue weighted by atomic mass is 19.1. The molecule has 2 amide bonds. The smallest absolute Gasteiger partial charge is 0.321 e. The van der Waals surface area contributed by atoms with E-state index in [2.05, 4.69) is 10.2 Å². The second-order valence-electron chi connectivity index (χ2n) is 7.28. The van der Waals surface area contributed by atoms with Gasteiger partial charge in [0, 0.05) is 32.6 Å². The molecule has 0 bridgehead atoms. The minimum atomic E-state index is -0.357. The van der Waals surface area contributed by atoms with Gasteiger partial charge in [-0.25, -0.2) is 9.18 Å². The zero-order valence-corrected chi connectivity index (χ0v) is 14.9. The molecular formula is C19H28FN3O2. The molecule has 0 spiro atoms. The van der Waals surface area contributed by atoms with Crippen LogP contribution in [0.1, 0.15) is 38.5 Å². The van der Waals surface area contributed by atoms with Gasteiger partial charge < -0.3 is 20.2 Å². The summed E-state index contributed by atoms with van der Waals surface area (Å²) in [5, 5.41) is 12.8. The average molecular weight is 349 g/mol. The summed E-state index contributed by atoms with van der Waals surface area (Å²) in [5.41, 5.74) is 1.40. The van der Waals surface area contributed by atoms with Crippen LogP contribution in [0.25, 0.3) is 0 Å². The lowest BCUT2D eigenvalue weighted by atomic mass is 10.1. The Hall–Kier alpha value is -1.82. The molecule has 0 aromatic heterocycles. The number of hydrogen-bond donors (Lipinski definition) is 2. The first kappa shape index (κ1) is 18.0. The van der Waals surface area contributed by atoms with Crippen LogP contribution in [0, 0.1) is 11.7 Å². The second kappa shape index (κ2) is 8.04. The number of nitrogens with one attached hydrogen (secondary N) is 1. The quantitative estimate of drug-likeness (QED) is 0.875. The third kappa shape index (κ3) is 4.42. The van der Waals surface area contributed by atoms with Gasteiger partial charge in [-0.3, -0.25) is 0 Å². The van der Waals surface area contributed by atoms with Gasteiger partial charge in [0.1, 0.15) is 5.82 Å². The summed E-state index contributed by atoms with van der Waals surface area (Å²) in [6.45, 7) is 2.37. The predicted molar refractivity (Wildman–Crippen MR) is 97.5 cm³/mol. The number of aliphatic hydroxyl groups is 1. The zero-order valence-electron chi connectivity index (χ0n) is 14.9. The Morgan fingerprint density at radius 3 is 2.72 bits per heavy atom. The molecule has 2 unspecified atom stereocenters. The minimum absolute atomic E-state index is 0.129. The Morgan fingerprint density at radius 1 is 1.28 bits per heavy atom. The molecule has 6 heteroatoms. The molecule has 138 valence electrons. The Labute approximate surface area is 148 Å². The van der Waals surface area contributed by atoms with E-state index in [0.29, 0.717) is 12.2 Å². The fourth-order valence-corrected chi connectivity index (χ4v) is 3.89. The standard InChI is InChI=1S/C19H28FN3O2/c1-22(13-14-6-5-7-18(14)24)19(25)21-16-12-15(20)8-9-17(16)23-10-3-2-4-11-23/h8-9,12,14,18,24H,2-7,10-11,13H2,1H3,(H,21,25). The first-order valence-corrected chi connectivity index (χ1v) is 9.29. The number of rotatable bonds is 4. The van der Waals surface area contributed by atoms with Crippen molar-refractivity contribution < 1.29 is 14.3 Å². The first-order valence-electron chi connectivity index (χ1n) is 9.29. The van der Waals surface area contributed by atoms with E-state index in [1.807, 2.05) is 0 Å². The molecule has 2 fully saturated rings. The van der Waals surface area contributed by atoms with Crippen LogP contribution in [0.5, 0.6) is 0 Å². The molecule has 1 aliphatic heterocycles. The van der Waals surface area contributed by atoms with Gasteiger partial charge in [0.05, 0.1) is 17.5 Å². The van der Waals surface area contributed by atoms with Crippen LogP contribution in [0.4, 0.5) is 20.6 Å². The molecule has 1 aromatic rings. The summed E-state index contributed by atoms with van der Waals surface area (Å²) >= 11 is 0. The van der Waals surface area contributed by atoms with Crippen molar-refractivity contribution in [2.75, 3.05) is 36.9 Å². The largest absolute Gasteiger partial charge is 0.393 e. The maximum absolute atomic E-state index is 13.7. The van der Waals surface area contributed by atoms with Crippen molar-refractivity contribution in [3.63, 3.8) is 0 Å². The number of halogens is 1. The van der Waals surface area contributed by atoms with Gasteiger partial charge in [-0.2, -0.15) is 0 Å². The number of benzene rings is 1. The van der Waals surface area contributed by atoms with Crippen molar-refractivity contribution in [2.24, 2.45) is 5.92 Å². The van der Waals surface area contributed by atoms with E-state index in [4.69, 9.17) is 0 Å². The van der Waals surface area contributed by atoms with Crippen LogP contribution < -0.4 is 10.2 Å². The van der Waals surface area contributed by atoms with Crippen LogP contribution in [-0.4, -0.2) is 48.8 Å². The van der Waals surface area contributed by atoms with E-state index in [-0.39, 0.29) is 23.9 Å². The Balaban J connectivity index is 1.68. The van der Waals surface area contributed by atoms with Crippen molar-refractivity contribution in [1.82, 2.24) is 4.90 Å². The minimum Gasteiger partial charge on any atom is -0.393 e. The molecule has 1 aliphatic carbocycles. The van der Waals surface area contributed by atoms with Crippen molar-refractivity contribution in [2.45, 2.75) is 44.6 Å². The van der Waals surface area contributed by atoms with Gasteiger partial charge in [0.15, 0.2) is 0 Å². The molecule has 5 nitrogen and oxygen atoms in total. The number of nitrogens with zero attached hydrogens (tertiary/aromatic N) is 2. The van der Waals surface area contributed by atoms with Crippen molar-refractivity contribution in [3.8, 4) is 0 Å². The SMILES string of the molecule is CN(CC1CCCC1O)C(=O)Nc1cc(F)ccc1N1CCCCC1. The normalized spacial score (nSPS) is 23.6. The molecular weight excluding hydrogens is 321 g/mol. The van der Waals surface area contributed by atoms with E-state index < -0.39 is 0 Å². The summed E-state index contributed by atoms with van der Waals surface area (Å²) in [6, 6.07) is 4.32. The Morgan fingerprint density at radius 2 is 2.04 bits per heavy atom. The molecule has 2 atom stereocenters. The number of anilines is 2. The maximum Gasteiger partial charge on any atom is 0.321 e. The first-order chi connectivity index (χ1) is 12.0. The van der Waals surface area contributed by atoms with Gasteiger partial charge in [-0.15, -0.1) is 0 Å². The molecule has 1 heterocycles. The molecule has 3 rings (SSSR count). The van der Waals surface area contributed by atoms with Gasteiger partial charge in [0.25, 0.3) is 0 Å². The number of carbonyl (C=O) groups is 1. The van der Waals surface area contributed by atoms with Gasteiger partial charge in [-0.1, -0.05) is 6.42 Å². The van der Waals surface area contributed by atoms with Crippen molar-refractivity contribution in [1.29, 1.82) is 0 Å². The number of carbonyl (C=O) groups excluding carboxylic acids is 1. The van der Waals surface area contributed by atoms with Crippen molar-refractivity contribution in [3.05, 3.63) is 24.0 Å². The van der Waals surface area contributed by atoms with Crippen LogP contribution >= 0.6 is 0 Å². The van der Waals surface area contributed by atoms with Crippen molar-refractivity contribution >= 4 is 17.4 Å². The highest BCUT2D eigenvalue weighted by Crippen LogP contribution is 2.30. The number of piperidine rings is 1. The maximum atomic E-state index is 13.7. The lowest BCUT2D eigenvalue weighted by Crippen LogP contribution is -2.38. The fourth-order valence-electron chi connectivity index (χ4n) is 3.89. The highest BCUT2D eigenvalue weighted by Gasteiger charge is 2.28. The Bertz CT molecular complexity index is 604. The van der Waals surface area contributed by atoms with E-state index in [1.54, 1.807) is 18.0 Å². The van der Waals surface area contributed by atoms with Crippen LogP contribution in [0.3, 0.4) is 0 Å². The summed E-state index contributed by atoms with van der Waals surface area (Å²) in [4.78, 5) is 16.3. The fraction of sp³-hybridized carbons (Fsp3) is 0.632. The molecule has 2 N–H and O–H groups in total. The molecule has 1 aromatic carbocycles. The van der Waals surface area contributed by atoms with Crippen LogP contribution in [0.15, 0.2) is 18.2 Å².